The van der Waals surface area contributed by atoms with Crippen molar-refractivity contribution in [1.29, 1.82) is 0 Å². The van der Waals surface area contributed by atoms with Crippen LogP contribution in [0, 0.1) is 0 Å². The highest BCUT2D eigenvalue weighted by Gasteiger charge is 2.19. The van der Waals surface area contributed by atoms with Crippen LogP contribution in [0.4, 0.5) is 0 Å². The molecule has 1 unspecified atom stereocenters. The highest BCUT2D eigenvalue weighted by molar-refractivity contribution is 5.71. The van der Waals surface area contributed by atoms with Crippen molar-refractivity contribution in [2.75, 3.05) is 13.2 Å². The van der Waals surface area contributed by atoms with Crippen molar-refractivity contribution in [3.63, 3.8) is 0 Å². The Hall–Kier alpha value is -2.89. The lowest BCUT2D eigenvalue weighted by atomic mass is 10.0. The molecule has 0 fully saturated rings. The Morgan fingerprint density at radius 2 is 0.695 bits per heavy atom. The Morgan fingerprint density at radius 3 is 1.12 bits per heavy atom. The molecule has 0 saturated heterocycles. The zero-order chi connectivity index (χ0) is 43.0. The summed E-state index contributed by atoms with van der Waals surface area (Å²) in [6.07, 6.45) is 57.7. The molecule has 59 heavy (non-hydrogen) atoms. The maximum atomic E-state index is 12.8. The van der Waals surface area contributed by atoms with Gasteiger partial charge < -0.3 is 14.2 Å². The van der Waals surface area contributed by atoms with E-state index in [2.05, 4.69) is 81.5 Å². The molecule has 0 radical (unpaired) electrons. The lowest BCUT2D eigenvalue weighted by molar-refractivity contribution is -0.167. The van der Waals surface area contributed by atoms with Gasteiger partial charge in [-0.15, -0.1) is 0 Å². The number of ether oxygens (including phenoxy) is 3. The SMILES string of the molecule is CC/C=C\C/C=C\C/C=C\C/C=C\CCCCCCC(=O)OCC(COC(=O)CCCCCCC/C=C\CCC)OC(=O)CCCCCCCCCCCCCCCC. The van der Waals surface area contributed by atoms with Gasteiger partial charge in [0, 0.05) is 19.3 Å². The highest BCUT2D eigenvalue weighted by atomic mass is 16.6. The predicted molar refractivity (Wildman–Crippen MR) is 251 cm³/mol. The van der Waals surface area contributed by atoms with Gasteiger partial charge in [0.2, 0.25) is 0 Å². The molecule has 0 aliphatic carbocycles. The van der Waals surface area contributed by atoms with Crippen molar-refractivity contribution in [2.24, 2.45) is 0 Å². The largest absolute Gasteiger partial charge is 0.462 e. The molecule has 0 spiro atoms. The first-order chi connectivity index (χ1) is 29.0. The normalized spacial score (nSPS) is 12.5. The average Bonchev–Trinajstić information content (AvgIpc) is 3.23. The van der Waals surface area contributed by atoms with Crippen LogP contribution in [0.5, 0.6) is 0 Å². The fourth-order valence-corrected chi connectivity index (χ4v) is 6.79. The van der Waals surface area contributed by atoms with Crippen molar-refractivity contribution in [2.45, 2.75) is 245 Å². The van der Waals surface area contributed by atoms with Gasteiger partial charge in [0.15, 0.2) is 6.10 Å². The van der Waals surface area contributed by atoms with E-state index in [-0.39, 0.29) is 31.1 Å². The van der Waals surface area contributed by atoms with E-state index in [1.165, 1.54) is 89.9 Å². The Labute approximate surface area is 364 Å². The molecule has 0 rings (SSSR count). The van der Waals surface area contributed by atoms with Gasteiger partial charge in [0.25, 0.3) is 0 Å². The van der Waals surface area contributed by atoms with Gasteiger partial charge in [-0.3, -0.25) is 14.4 Å². The molecular formula is C53H92O6. The minimum Gasteiger partial charge on any atom is -0.462 e. The highest BCUT2D eigenvalue weighted by Crippen LogP contribution is 2.15. The molecule has 1 atom stereocenters. The van der Waals surface area contributed by atoms with Gasteiger partial charge in [-0.2, -0.15) is 0 Å². The Morgan fingerprint density at radius 1 is 0.356 bits per heavy atom. The second-order valence-electron chi connectivity index (χ2n) is 16.3. The quantitative estimate of drug-likeness (QED) is 0.0263. The maximum absolute atomic E-state index is 12.8. The number of allylic oxidation sites excluding steroid dienone is 10. The predicted octanol–water partition coefficient (Wildman–Crippen LogP) is 16.1. The summed E-state index contributed by atoms with van der Waals surface area (Å²) in [6, 6.07) is 0. The Bertz CT molecular complexity index is 1090. The third kappa shape index (κ3) is 46.0. The van der Waals surface area contributed by atoms with Crippen LogP contribution in [0.1, 0.15) is 239 Å². The van der Waals surface area contributed by atoms with Crippen LogP contribution in [0.15, 0.2) is 60.8 Å². The smallest absolute Gasteiger partial charge is 0.306 e. The minimum atomic E-state index is -0.783. The number of hydrogen-bond acceptors (Lipinski definition) is 6. The summed E-state index contributed by atoms with van der Waals surface area (Å²) < 4.78 is 16.7. The summed E-state index contributed by atoms with van der Waals surface area (Å²) >= 11 is 0. The fourth-order valence-electron chi connectivity index (χ4n) is 6.79. The summed E-state index contributed by atoms with van der Waals surface area (Å²) in [5.74, 6) is -0.917. The zero-order valence-corrected chi connectivity index (χ0v) is 38.8. The van der Waals surface area contributed by atoms with E-state index in [4.69, 9.17) is 14.2 Å². The fraction of sp³-hybridized carbons (Fsp3) is 0.755. The monoisotopic (exact) mass is 825 g/mol. The Balaban J connectivity index is 4.39. The molecule has 6 nitrogen and oxygen atoms in total. The van der Waals surface area contributed by atoms with E-state index in [9.17, 15) is 14.4 Å². The average molecular weight is 825 g/mol. The van der Waals surface area contributed by atoms with E-state index in [0.717, 1.165) is 109 Å². The first-order valence-electron chi connectivity index (χ1n) is 24.8. The third-order valence-electron chi connectivity index (χ3n) is 10.5. The van der Waals surface area contributed by atoms with Gasteiger partial charge >= 0.3 is 17.9 Å². The van der Waals surface area contributed by atoms with Crippen LogP contribution >= 0.6 is 0 Å². The summed E-state index contributed by atoms with van der Waals surface area (Å²) in [6.45, 7) is 6.44. The van der Waals surface area contributed by atoms with Crippen molar-refractivity contribution >= 4 is 17.9 Å². The van der Waals surface area contributed by atoms with Crippen LogP contribution in [-0.2, 0) is 28.6 Å². The number of unbranched alkanes of at least 4 members (excludes halogenated alkanes) is 23. The molecule has 0 aromatic heterocycles. The number of carbonyl (C=O) groups excluding carboxylic acids is 3. The molecule has 0 N–H and O–H groups in total. The first-order valence-corrected chi connectivity index (χ1v) is 24.8. The third-order valence-corrected chi connectivity index (χ3v) is 10.5. The van der Waals surface area contributed by atoms with Gasteiger partial charge in [0.05, 0.1) is 0 Å². The molecule has 0 heterocycles. The molecule has 0 saturated carbocycles. The molecule has 6 heteroatoms. The first kappa shape index (κ1) is 56.1. The van der Waals surface area contributed by atoms with Gasteiger partial charge in [-0.1, -0.05) is 204 Å². The van der Waals surface area contributed by atoms with E-state index >= 15 is 0 Å². The molecule has 340 valence electrons. The van der Waals surface area contributed by atoms with Crippen molar-refractivity contribution in [3.05, 3.63) is 60.8 Å². The molecule has 0 bridgehead atoms. The summed E-state index contributed by atoms with van der Waals surface area (Å²) in [7, 11) is 0. The second-order valence-corrected chi connectivity index (χ2v) is 16.3. The van der Waals surface area contributed by atoms with Crippen LogP contribution in [0.3, 0.4) is 0 Å². The van der Waals surface area contributed by atoms with Crippen LogP contribution in [0.25, 0.3) is 0 Å². The topological polar surface area (TPSA) is 78.9 Å². The summed E-state index contributed by atoms with van der Waals surface area (Å²) in [5, 5.41) is 0. The van der Waals surface area contributed by atoms with Crippen molar-refractivity contribution < 1.29 is 28.6 Å². The van der Waals surface area contributed by atoms with Crippen molar-refractivity contribution in [1.82, 2.24) is 0 Å². The van der Waals surface area contributed by atoms with E-state index in [0.29, 0.717) is 19.3 Å². The van der Waals surface area contributed by atoms with Gasteiger partial charge in [-0.05, 0) is 77.0 Å². The van der Waals surface area contributed by atoms with E-state index < -0.39 is 6.10 Å². The molecule has 0 aliphatic heterocycles. The van der Waals surface area contributed by atoms with Gasteiger partial charge in [-0.25, -0.2) is 0 Å². The number of rotatable bonds is 44. The van der Waals surface area contributed by atoms with E-state index in [1.807, 2.05) is 0 Å². The van der Waals surface area contributed by atoms with Crippen LogP contribution in [-0.4, -0.2) is 37.2 Å². The van der Waals surface area contributed by atoms with Crippen molar-refractivity contribution in [3.8, 4) is 0 Å². The number of esters is 3. The second kappa shape index (κ2) is 47.8. The number of hydrogen-bond donors (Lipinski definition) is 0. The van der Waals surface area contributed by atoms with E-state index in [1.54, 1.807) is 0 Å². The molecule has 0 amide bonds. The summed E-state index contributed by atoms with van der Waals surface area (Å²) in [4.78, 5) is 37.8. The maximum Gasteiger partial charge on any atom is 0.306 e. The zero-order valence-electron chi connectivity index (χ0n) is 38.8. The molecule has 0 aromatic rings. The lowest BCUT2D eigenvalue weighted by Crippen LogP contribution is -2.30. The standard InChI is InChI=1S/C53H92O6/c1-4-7-10-13-16-19-22-24-26-27-28-30-31-34-37-40-43-46-52(55)58-49-50(48-57-51(54)45-42-39-36-33-21-18-15-12-9-6-3)59-53(56)47-44-41-38-35-32-29-25-23-20-17-14-11-8-5-2/h7,10,12,15-16,19,24,26,28,30,50H,4-6,8-9,11,13-14,17-18,20-23,25,27,29,31-49H2,1-3H3/b10-7-,15-12-,19-16-,26-24-,30-28-. The molecule has 0 aromatic carbocycles. The summed E-state index contributed by atoms with van der Waals surface area (Å²) in [5.41, 5.74) is 0. The Kier molecular flexibility index (Phi) is 45.4. The minimum absolute atomic E-state index is 0.0853. The molecule has 0 aliphatic rings. The molecular weight excluding hydrogens is 733 g/mol. The van der Waals surface area contributed by atoms with Crippen LogP contribution in [0.2, 0.25) is 0 Å². The lowest BCUT2D eigenvalue weighted by Gasteiger charge is -2.18. The number of carbonyl (C=O) groups is 3. The van der Waals surface area contributed by atoms with Crippen LogP contribution < -0.4 is 0 Å². The van der Waals surface area contributed by atoms with Gasteiger partial charge in [0.1, 0.15) is 13.2 Å².